The van der Waals surface area contributed by atoms with Crippen LogP contribution in [-0.2, 0) is 9.53 Å². The third-order valence-corrected chi connectivity index (χ3v) is 4.09. The maximum Gasteiger partial charge on any atom is 0.337 e. The molecule has 136 valence electrons. The summed E-state index contributed by atoms with van der Waals surface area (Å²) in [7, 11) is 2.79. The van der Waals surface area contributed by atoms with Crippen molar-refractivity contribution in [3.63, 3.8) is 0 Å². The van der Waals surface area contributed by atoms with Crippen molar-refractivity contribution in [3.8, 4) is 11.5 Å². The molecule has 1 atom stereocenters. The molecule has 1 saturated carbocycles. The third-order valence-electron chi connectivity index (χ3n) is 4.09. The Balaban J connectivity index is 1.88. The number of ether oxygens (including phenoxy) is 3. The molecule has 1 aliphatic carbocycles. The summed E-state index contributed by atoms with van der Waals surface area (Å²) in [5, 5.41) is 2.97. The van der Waals surface area contributed by atoms with E-state index in [4.69, 9.17) is 14.2 Å². The molecule has 0 saturated heterocycles. The number of rotatable bonds is 7. The minimum Gasteiger partial charge on any atom is -0.493 e. The van der Waals surface area contributed by atoms with Crippen molar-refractivity contribution >= 4 is 11.9 Å². The summed E-state index contributed by atoms with van der Waals surface area (Å²) < 4.78 is 16.0. The van der Waals surface area contributed by atoms with E-state index in [9.17, 15) is 9.59 Å². The predicted octanol–water partition coefficient (Wildman–Crippen LogP) is 2.88. The average molecular weight is 355 g/mol. The van der Waals surface area contributed by atoms with Gasteiger partial charge in [-0.3, -0.25) is 4.79 Å². The summed E-state index contributed by atoms with van der Waals surface area (Å²) in [6.07, 6.45) is 1.17. The number of hydrogen-bond donors (Lipinski definition) is 1. The van der Waals surface area contributed by atoms with Crippen molar-refractivity contribution < 1.29 is 23.8 Å². The van der Waals surface area contributed by atoms with E-state index in [0.717, 1.165) is 18.4 Å². The molecule has 6 nitrogen and oxygen atoms in total. The fourth-order valence-corrected chi connectivity index (χ4v) is 2.54. The van der Waals surface area contributed by atoms with E-state index < -0.39 is 12.1 Å². The van der Waals surface area contributed by atoms with Gasteiger partial charge in [-0.1, -0.05) is 30.3 Å². The van der Waals surface area contributed by atoms with Crippen molar-refractivity contribution in [2.24, 2.45) is 0 Å². The largest absolute Gasteiger partial charge is 0.493 e. The first-order valence-electron chi connectivity index (χ1n) is 8.40. The van der Waals surface area contributed by atoms with Gasteiger partial charge < -0.3 is 19.5 Å². The lowest BCUT2D eigenvalue weighted by atomic mass is 10.1. The molecule has 2 aromatic carbocycles. The molecule has 6 heteroatoms. The van der Waals surface area contributed by atoms with E-state index in [1.807, 2.05) is 30.3 Å². The second-order valence-corrected chi connectivity index (χ2v) is 6.05. The van der Waals surface area contributed by atoms with Crippen molar-refractivity contribution in [2.45, 2.75) is 25.0 Å². The van der Waals surface area contributed by atoms with Gasteiger partial charge in [0.1, 0.15) is 0 Å². The van der Waals surface area contributed by atoms with Gasteiger partial charge in [0.2, 0.25) is 6.10 Å². The van der Waals surface area contributed by atoms with Gasteiger partial charge in [-0.25, -0.2) is 4.79 Å². The Morgan fingerprint density at radius 1 is 1.04 bits per heavy atom. The highest BCUT2D eigenvalue weighted by Crippen LogP contribution is 2.33. The van der Waals surface area contributed by atoms with Crippen molar-refractivity contribution in [1.29, 1.82) is 0 Å². The van der Waals surface area contributed by atoms with E-state index in [-0.39, 0.29) is 11.9 Å². The minimum atomic E-state index is -0.810. The van der Waals surface area contributed by atoms with Gasteiger partial charge in [-0.2, -0.15) is 0 Å². The van der Waals surface area contributed by atoms with Gasteiger partial charge >= 0.3 is 5.97 Å². The van der Waals surface area contributed by atoms with Crippen LogP contribution in [0.1, 0.15) is 34.9 Å². The lowest BCUT2D eigenvalue weighted by Crippen LogP contribution is -2.33. The zero-order valence-electron chi connectivity index (χ0n) is 14.7. The number of carbonyl (C=O) groups is 2. The van der Waals surface area contributed by atoms with Gasteiger partial charge in [-0.05, 0) is 31.0 Å². The Hall–Kier alpha value is -3.02. The Bertz CT molecular complexity index is 786. The highest BCUT2D eigenvalue weighted by atomic mass is 16.5. The summed E-state index contributed by atoms with van der Waals surface area (Å²) in [6.45, 7) is 0. The van der Waals surface area contributed by atoms with Gasteiger partial charge in [0.05, 0.1) is 19.8 Å². The van der Waals surface area contributed by atoms with E-state index in [0.29, 0.717) is 17.1 Å². The number of methoxy groups -OCH3 is 2. The first kappa shape index (κ1) is 17.8. The van der Waals surface area contributed by atoms with Crippen LogP contribution in [0.15, 0.2) is 48.5 Å². The SMILES string of the molecule is COC(=O)c1ccc(OC(C(=O)NC2CC2)c2ccccc2)c(OC)c1. The third kappa shape index (κ3) is 4.14. The molecule has 0 radical (unpaired) electrons. The van der Waals surface area contributed by atoms with Gasteiger partial charge in [0, 0.05) is 11.6 Å². The van der Waals surface area contributed by atoms with Crippen LogP contribution in [0.3, 0.4) is 0 Å². The van der Waals surface area contributed by atoms with Crippen LogP contribution in [0.5, 0.6) is 11.5 Å². The molecule has 0 aliphatic heterocycles. The van der Waals surface area contributed by atoms with Crippen LogP contribution in [0.4, 0.5) is 0 Å². The molecular weight excluding hydrogens is 334 g/mol. The molecule has 0 spiro atoms. The fraction of sp³-hybridized carbons (Fsp3) is 0.300. The molecule has 26 heavy (non-hydrogen) atoms. The van der Waals surface area contributed by atoms with E-state index >= 15 is 0 Å². The molecule has 1 aliphatic rings. The fourth-order valence-electron chi connectivity index (χ4n) is 2.54. The molecule has 1 amide bonds. The molecule has 1 unspecified atom stereocenters. The summed E-state index contributed by atoms with van der Waals surface area (Å²) in [5.74, 6) is 0.0618. The topological polar surface area (TPSA) is 73.9 Å². The highest BCUT2D eigenvalue weighted by Gasteiger charge is 2.30. The molecule has 1 fully saturated rings. The van der Waals surface area contributed by atoms with Crippen molar-refractivity contribution in [2.75, 3.05) is 14.2 Å². The first-order chi connectivity index (χ1) is 12.6. The standard InChI is InChI=1S/C20H21NO5/c1-24-17-12-14(20(23)25-2)8-11-16(17)26-18(13-6-4-3-5-7-13)19(22)21-15-9-10-15/h3-8,11-12,15,18H,9-10H2,1-2H3,(H,21,22). The van der Waals surface area contributed by atoms with Crippen molar-refractivity contribution in [3.05, 3.63) is 59.7 Å². The number of amides is 1. The summed E-state index contributed by atoms with van der Waals surface area (Å²) in [6, 6.07) is 14.2. The summed E-state index contributed by atoms with van der Waals surface area (Å²) in [4.78, 5) is 24.4. The van der Waals surface area contributed by atoms with Gasteiger partial charge in [0.25, 0.3) is 5.91 Å². The number of nitrogens with one attached hydrogen (secondary N) is 1. The Morgan fingerprint density at radius 2 is 1.77 bits per heavy atom. The lowest BCUT2D eigenvalue weighted by molar-refractivity contribution is -0.128. The quantitative estimate of drug-likeness (QED) is 0.773. The number of esters is 1. The summed E-state index contributed by atoms with van der Waals surface area (Å²) >= 11 is 0. The monoisotopic (exact) mass is 355 g/mol. The molecule has 0 bridgehead atoms. The Labute approximate surface area is 152 Å². The van der Waals surface area contributed by atoms with Crippen LogP contribution < -0.4 is 14.8 Å². The average Bonchev–Trinajstić information content (AvgIpc) is 3.49. The van der Waals surface area contributed by atoms with Crippen LogP contribution in [0, 0.1) is 0 Å². The number of benzene rings is 2. The second kappa shape index (κ2) is 7.91. The predicted molar refractivity (Wildman–Crippen MR) is 95.3 cm³/mol. The highest BCUT2D eigenvalue weighted by molar-refractivity contribution is 5.90. The van der Waals surface area contributed by atoms with E-state index in [2.05, 4.69) is 5.32 Å². The van der Waals surface area contributed by atoms with Crippen LogP contribution in [0.2, 0.25) is 0 Å². The zero-order chi connectivity index (χ0) is 18.5. The number of hydrogen-bond acceptors (Lipinski definition) is 5. The minimum absolute atomic E-state index is 0.196. The first-order valence-corrected chi connectivity index (χ1v) is 8.40. The van der Waals surface area contributed by atoms with Crippen LogP contribution >= 0.6 is 0 Å². The lowest BCUT2D eigenvalue weighted by Gasteiger charge is -2.20. The maximum absolute atomic E-state index is 12.7. The normalized spacial score (nSPS) is 14.2. The maximum atomic E-state index is 12.7. The zero-order valence-corrected chi connectivity index (χ0v) is 14.7. The van der Waals surface area contributed by atoms with Gasteiger partial charge in [-0.15, -0.1) is 0 Å². The molecule has 0 heterocycles. The molecule has 0 aromatic heterocycles. The van der Waals surface area contributed by atoms with E-state index in [1.54, 1.807) is 12.1 Å². The van der Waals surface area contributed by atoms with E-state index in [1.165, 1.54) is 20.3 Å². The Morgan fingerprint density at radius 3 is 2.38 bits per heavy atom. The Kier molecular flexibility index (Phi) is 5.41. The van der Waals surface area contributed by atoms with Crippen LogP contribution in [-0.4, -0.2) is 32.1 Å². The smallest absolute Gasteiger partial charge is 0.337 e. The molecular formula is C20H21NO5. The molecule has 2 aromatic rings. The molecule has 3 rings (SSSR count). The molecule has 1 N–H and O–H groups in total. The summed E-state index contributed by atoms with van der Waals surface area (Å²) in [5.41, 5.74) is 1.08. The number of carbonyl (C=O) groups excluding carboxylic acids is 2. The van der Waals surface area contributed by atoms with Crippen LogP contribution in [0.25, 0.3) is 0 Å². The van der Waals surface area contributed by atoms with Gasteiger partial charge in [0.15, 0.2) is 11.5 Å². The van der Waals surface area contributed by atoms with Crippen molar-refractivity contribution in [1.82, 2.24) is 5.32 Å². The second-order valence-electron chi connectivity index (χ2n) is 6.05.